The van der Waals surface area contributed by atoms with Gasteiger partial charge in [-0.15, -0.1) is 0 Å². The Morgan fingerprint density at radius 3 is 1.75 bits per heavy atom. The molecule has 2 heterocycles. The quantitative estimate of drug-likeness (QED) is 0.103. The minimum atomic E-state index is -4.41. The van der Waals surface area contributed by atoms with Crippen molar-refractivity contribution >= 4 is 56.5 Å². The van der Waals surface area contributed by atoms with Gasteiger partial charge in [-0.3, -0.25) is 4.55 Å². The van der Waals surface area contributed by atoms with E-state index < -0.39 is 10.1 Å². The van der Waals surface area contributed by atoms with Crippen LogP contribution in [0.1, 0.15) is 40.1 Å². The van der Waals surface area contributed by atoms with E-state index in [1.165, 1.54) is 17.7 Å². The zero-order valence-electron chi connectivity index (χ0n) is 26.7. The maximum atomic E-state index is 12.0. The fraction of sp³-hybridized carbons (Fsp3) is 0.189. The fourth-order valence-corrected chi connectivity index (χ4v) is 8.26. The SMILES string of the molecule is O=S(=O)(O)c1ccc2c(c1)-c1c(c(COCCCOCc3nn(-c4ccc(Cl)cc4Cl)c4c3Cc3ccccc3-4)nn1-c1ccc(Cl)cc1Cl)C2. The third-order valence-corrected chi connectivity index (χ3v) is 11.0. The molecule has 4 aromatic carbocycles. The van der Waals surface area contributed by atoms with Crippen LogP contribution in [0, 0.1) is 0 Å². The zero-order valence-corrected chi connectivity index (χ0v) is 30.6. The summed E-state index contributed by atoms with van der Waals surface area (Å²) in [6.45, 7) is 1.42. The van der Waals surface area contributed by atoms with E-state index in [-0.39, 0.29) is 11.5 Å². The molecule has 2 aromatic heterocycles. The maximum Gasteiger partial charge on any atom is 0.294 e. The van der Waals surface area contributed by atoms with Crippen LogP contribution < -0.4 is 0 Å². The van der Waals surface area contributed by atoms with Gasteiger partial charge in [-0.05, 0) is 66.1 Å². The van der Waals surface area contributed by atoms with Gasteiger partial charge in [0.1, 0.15) is 0 Å². The van der Waals surface area contributed by atoms with E-state index in [9.17, 15) is 13.0 Å². The molecule has 1 N–H and O–H groups in total. The lowest BCUT2D eigenvalue weighted by atomic mass is 10.1. The van der Waals surface area contributed by atoms with Crippen LogP contribution in [0.25, 0.3) is 33.9 Å². The van der Waals surface area contributed by atoms with Crippen LogP contribution in [-0.2, 0) is 45.6 Å². The highest BCUT2D eigenvalue weighted by Gasteiger charge is 2.31. The van der Waals surface area contributed by atoms with E-state index in [2.05, 4.69) is 12.1 Å². The van der Waals surface area contributed by atoms with Crippen LogP contribution >= 0.6 is 46.4 Å². The van der Waals surface area contributed by atoms with Crippen molar-refractivity contribution in [2.45, 2.75) is 37.4 Å². The highest BCUT2D eigenvalue weighted by atomic mass is 35.5. The first-order chi connectivity index (χ1) is 24.6. The normalized spacial score (nSPS) is 13.0. The van der Waals surface area contributed by atoms with E-state index >= 15 is 0 Å². The molecule has 0 fully saturated rings. The Morgan fingerprint density at radius 1 is 0.667 bits per heavy atom. The van der Waals surface area contributed by atoms with Gasteiger partial charge in [0.05, 0.1) is 62.3 Å². The number of benzene rings is 4. The third-order valence-electron chi connectivity index (χ3n) is 9.11. The van der Waals surface area contributed by atoms with Crippen molar-refractivity contribution in [2.24, 2.45) is 0 Å². The van der Waals surface area contributed by atoms with Crippen LogP contribution in [0.4, 0.5) is 0 Å². The average molecular weight is 783 g/mol. The molecule has 51 heavy (non-hydrogen) atoms. The van der Waals surface area contributed by atoms with Crippen molar-refractivity contribution in [3.63, 3.8) is 0 Å². The largest absolute Gasteiger partial charge is 0.375 e. The Hall–Kier alpha value is -3.71. The van der Waals surface area contributed by atoms with Gasteiger partial charge in [0, 0.05) is 58.4 Å². The predicted octanol–water partition coefficient (Wildman–Crippen LogP) is 9.18. The summed E-state index contributed by atoms with van der Waals surface area (Å²) in [6.07, 6.45) is 1.92. The fourth-order valence-electron chi connectivity index (χ4n) is 6.78. The van der Waals surface area contributed by atoms with Gasteiger partial charge in [0.15, 0.2) is 0 Å². The summed E-state index contributed by atoms with van der Waals surface area (Å²) in [4.78, 5) is -0.197. The molecule has 14 heteroatoms. The lowest BCUT2D eigenvalue weighted by Gasteiger charge is -2.11. The molecule has 0 atom stereocenters. The van der Waals surface area contributed by atoms with Crippen LogP contribution in [0.2, 0.25) is 20.1 Å². The minimum Gasteiger partial charge on any atom is -0.375 e. The highest BCUT2D eigenvalue weighted by molar-refractivity contribution is 7.85. The van der Waals surface area contributed by atoms with E-state index in [1.54, 1.807) is 41.1 Å². The molecule has 2 aliphatic rings. The van der Waals surface area contributed by atoms with Crippen LogP contribution in [0.15, 0.2) is 83.8 Å². The number of fused-ring (bicyclic) bond motifs is 6. The third kappa shape index (κ3) is 6.49. The molecule has 8 rings (SSSR count). The second-order valence-corrected chi connectivity index (χ2v) is 15.4. The molecule has 0 radical (unpaired) electrons. The van der Waals surface area contributed by atoms with E-state index in [0.717, 1.165) is 45.7 Å². The number of rotatable bonds is 11. The average Bonchev–Trinajstić information content (AvgIpc) is 3.83. The Balaban J connectivity index is 0.955. The number of hydrogen-bond acceptors (Lipinski definition) is 6. The first-order valence-corrected chi connectivity index (χ1v) is 19.0. The summed E-state index contributed by atoms with van der Waals surface area (Å²) in [5, 5.41) is 11.7. The molecule has 2 aliphatic carbocycles. The molecule has 0 spiro atoms. The lowest BCUT2D eigenvalue weighted by Crippen LogP contribution is -2.06. The van der Waals surface area contributed by atoms with Gasteiger partial charge in [0.2, 0.25) is 0 Å². The van der Waals surface area contributed by atoms with E-state index in [1.807, 2.05) is 22.9 Å². The maximum absolute atomic E-state index is 12.0. The summed E-state index contributed by atoms with van der Waals surface area (Å²) >= 11 is 25.5. The zero-order chi connectivity index (χ0) is 35.4. The lowest BCUT2D eigenvalue weighted by molar-refractivity contribution is 0.0668. The second kappa shape index (κ2) is 13.7. The van der Waals surface area contributed by atoms with Crippen molar-refractivity contribution < 1.29 is 22.4 Å². The van der Waals surface area contributed by atoms with Crippen molar-refractivity contribution in [1.82, 2.24) is 19.6 Å². The minimum absolute atomic E-state index is 0.197. The summed E-state index contributed by atoms with van der Waals surface area (Å²) < 4.78 is 49.4. The molecule has 0 bridgehead atoms. The van der Waals surface area contributed by atoms with Crippen molar-refractivity contribution in [1.29, 1.82) is 0 Å². The topological polar surface area (TPSA) is 108 Å². The molecule has 0 saturated carbocycles. The first kappa shape index (κ1) is 34.4. The van der Waals surface area contributed by atoms with Crippen molar-refractivity contribution in [3.05, 3.63) is 133 Å². The van der Waals surface area contributed by atoms with Gasteiger partial charge in [-0.2, -0.15) is 18.6 Å². The number of aromatic nitrogens is 4. The Morgan fingerprint density at radius 2 is 1.20 bits per heavy atom. The van der Waals surface area contributed by atoms with Crippen LogP contribution in [0.5, 0.6) is 0 Å². The Bertz CT molecular complexity index is 2460. The summed E-state index contributed by atoms with van der Waals surface area (Å²) in [7, 11) is -4.41. The monoisotopic (exact) mass is 780 g/mol. The number of hydrogen-bond donors (Lipinski definition) is 1. The molecule has 9 nitrogen and oxygen atoms in total. The number of halogens is 4. The van der Waals surface area contributed by atoms with E-state index in [0.29, 0.717) is 75.4 Å². The molecular formula is C37H28Cl4N4O5S. The van der Waals surface area contributed by atoms with Gasteiger partial charge in [0.25, 0.3) is 10.1 Å². The van der Waals surface area contributed by atoms with Crippen LogP contribution in [-0.4, -0.2) is 45.7 Å². The molecular weight excluding hydrogens is 754 g/mol. The molecule has 0 saturated heterocycles. The standard InChI is InChI=1S/C37H28Cl4N4O5S/c38-23-7-10-34(30(40)16-23)44-36-26-5-2-1-4-21(26)14-28(36)32(42-44)19-49-12-3-13-50-20-33-29-15-22-6-9-25(51(46,47)48)18-27(22)37(29)45(43-33)35-11-8-24(39)17-31(35)41/h1-2,4-11,16-18H,3,12-15,19-20H2,(H,46,47,48). The van der Waals surface area contributed by atoms with Crippen LogP contribution in [0.3, 0.4) is 0 Å². The van der Waals surface area contributed by atoms with Crippen molar-refractivity contribution in [3.8, 4) is 33.9 Å². The van der Waals surface area contributed by atoms with Gasteiger partial charge < -0.3 is 9.47 Å². The van der Waals surface area contributed by atoms with Gasteiger partial charge in [-0.1, -0.05) is 76.7 Å². The smallest absolute Gasteiger partial charge is 0.294 e. The Kier molecular flexibility index (Phi) is 9.23. The first-order valence-electron chi connectivity index (χ1n) is 16.0. The molecule has 6 aromatic rings. The number of ether oxygens (including phenoxy) is 2. The summed E-state index contributed by atoms with van der Waals surface area (Å²) in [6, 6.07) is 23.3. The molecule has 260 valence electrons. The van der Waals surface area contributed by atoms with Gasteiger partial charge >= 0.3 is 0 Å². The molecule has 0 unspecified atom stereocenters. The van der Waals surface area contributed by atoms with Crippen molar-refractivity contribution in [2.75, 3.05) is 13.2 Å². The molecule has 0 amide bonds. The molecule has 0 aliphatic heterocycles. The summed E-state index contributed by atoms with van der Waals surface area (Å²) in [5.74, 6) is 0. The predicted molar refractivity (Wildman–Crippen MR) is 197 cm³/mol. The second-order valence-electron chi connectivity index (χ2n) is 12.3. The Labute approximate surface area is 314 Å². The number of nitrogens with zero attached hydrogens (tertiary/aromatic N) is 4. The van der Waals surface area contributed by atoms with Gasteiger partial charge in [-0.25, -0.2) is 9.36 Å². The highest BCUT2D eigenvalue weighted by Crippen LogP contribution is 2.43. The summed E-state index contributed by atoms with van der Waals surface area (Å²) in [5.41, 5.74) is 10.5. The van der Waals surface area contributed by atoms with E-state index in [4.69, 9.17) is 66.1 Å².